The van der Waals surface area contributed by atoms with Gasteiger partial charge in [0, 0.05) is 26.7 Å². The first kappa shape index (κ1) is 19.2. The SMILES string of the molecule is CCOC(=O)[C@H]1[C@H]2O[C@H](COC(C)=O)[C@@H](OC(C)=O)[C@H](OC(C)=O)[C@H]21. The minimum atomic E-state index is -0.985. The van der Waals surface area contributed by atoms with Crippen molar-refractivity contribution in [2.24, 2.45) is 11.8 Å². The molecule has 0 aromatic rings. The van der Waals surface area contributed by atoms with E-state index < -0.39 is 60.1 Å². The Morgan fingerprint density at radius 2 is 1.48 bits per heavy atom. The van der Waals surface area contributed by atoms with E-state index >= 15 is 0 Å². The standard InChI is InChI=1S/C16H22O9/c1-5-21-16(20)12-11-14(12)25-10(6-22-7(2)17)13(23-8(3)18)15(11)24-9(4)19/h10-15H,5-6H2,1-4H3/t10-,11+,12-,13-,14+,15-/m1/s1. The Kier molecular flexibility index (Phi) is 5.99. The normalized spacial score (nSPS) is 32.8. The summed E-state index contributed by atoms with van der Waals surface area (Å²) in [5.41, 5.74) is 0. The molecule has 0 amide bonds. The van der Waals surface area contributed by atoms with Gasteiger partial charge in [-0.15, -0.1) is 0 Å². The van der Waals surface area contributed by atoms with Crippen molar-refractivity contribution >= 4 is 23.9 Å². The van der Waals surface area contributed by atoms with Crippen LogP contribution in [-0.4, -0.2) is 61.5 Å². The Labute approximate surface area is 144 Å². The molecular weight excluding hydrogens is 336 g/mol. The van der Waals surface area contributed by atoms with E-state index in [9.17, 15) is 19.2 Å². The fourth-order valence-corrected chi connectivity index (χ4v) is 3.12. The van der Waals surface area contributed by atoms with Crippen molar-refractivity contribution in [3.8, 4) is 0 Å². The molecule has 0 N–H and O–H groups in total. The van der Waals surface area contributed by atoms with Gasteiger partial charge < -0.3 is 23.7 Å². The molecule has 0 aromatic carbocycles. The molecule has 9 heteroatoms. The molecular formula is C16H22O9. The molecule has 0 aromatic heterocycles. The minimum Gasteiger partial charge on any atom is -0.466 e. The summed E-state index contributed by atoms with van der Waals surface area (Å²) < 4.78 is 26.3. The first-order valence-electron chi connectivity index (χ1n) is 8.06. The summed E-state index contributed by atoms with van der Waals surface area (Å²) in [6, 6.07) is 0. The molecule has 9 nitrogen and oxygen atoms in total. The summed E-state index contributed by atoms with van der Waals surface area (Å²) in [5.74, 6) is -3.28. The van der Waals surface area contributed by atoms with E-state index in [0.717, 1.165) is 0 Å². The summed E-state index contributed by atoms with van der Waals surface area (Å²) in [4.78, 5) is 46.1. The van der Waals surface area contributed by atoms with Gasteiger partial charge in [0.25, 0.3) is 0 Å². The largest absolute Gasteiger partial charge is 0.466 e. The molecule has 1 heterocycles. The van der Waals surface area contributed by atoms with E-state index in [1.165, 1.54) is 20.8 Å². The van der Waals surface area contributed by atoms with Crippen LogP contribution in [0.3, 0.4) is 0 Å². The molecule has 2 rings (SSSR count). The van der Waals surface area contributed by atoms with Crippen LogP contribution in [0.25, 0.3) is 0 Å². The van der Waals surface area contributed by atoms with Gasteiger partial charge in [-0.25, -0.2) is 0 Å². The third-order valence-corrected chi connectivity index (χ3v) is 4.02. The van der Waals surface area contributed by atoms with E-state index in [4.69, 9.17) is 23.7 Å². The molecule has 1 aliphatic carbocycles. The van der Waals surface area contributed by atoms with Crippen LogP contribution in [0.2, 0.25) is 0 Å². The average molecular weight is 358 g/mol. The van der Waals surface area contributed by atoms with Crippen LogP contribution in [0.5, 0.6) is 0 Å². The number of carbonyl (C=O) groups excluding carboxylic acids is 4. The number of rotatable bonds is 6. The van der Waals surface area contributed by atoms with E-state index in [0.29, 0.717) is 0 Å². The van der Waals surface area contributed by atoms with Crippen molar-refractivity contribution in [1.82, 2.24) is 0 Å². The summed E-state index contributed by atoms with van der Waals surface area (Å²) in [6.45, 7) is 5.35. The van der Waals surface area contributed by atoms with Crippen molar-refractivity contribution in [2.75, 3.05) is 13.2 Å². The smallest absolute Gasteiger partial charge is 0.312 e. The maximum absolute atomic E-state index is 12.1. The molecule has 2 fully saturated rings. The Balaban J connectivity index is 2.23. The van der Waals surface area contributed by atoms with Crippen molar-refractivity contribution in [2.45, 2.75) is 52.1 Å². The highest BCUT2D eigenvalue weighted by atomic mass is 16.6. The Morgan fingerprint density at radius 1 is 0.880 bits per heavy atom. The lowest BCUT2D eigenvalue weighted by molar-refractivity contribution is -0.202. The van der Waals surface area contributed by atoms with Gasteiger partial charge in [-0.3, -0.25) is 19.2 Å². The Morgan fingerprint density at radius 3 is 2.00 bits per heavy atom. The van der Waals surface area contributed by atoms with Gasteiger partial charge in [-0.1, -0.05) is 0 Å². The molecule has 1 saturated heterocycles. The van der Waals surface area contributed by atoms with Crippen molar-refractivity contribution in [3.05, 3.63) is 0 Å². The van der Waals surface area contributed by atoms with Gasteiger partial charge in [-0.2, -0.15) is 0 Å². The van der Waals surface area contributed by atoms with Crippen LogP contribution in [0.15, 0.2) is 0 Å². The maximum atomic E-state index is 12.1. The van der Waals surface area contributed by atoms with Crippen molar-refractivity contribution in [1.29, 1.82) is 0 Å². The average Bonchev–Trinajstić information content (AvgIpc) is 3.21. The first-order valence-corrected chi connectivity index (χ1v) is 8.06. The third-order valence-electron chi connectivity index (χ3n) is 4.02. The van der Waals surface area contributed by atoms with Gasteiger partial charge in [0.2, 0.25) is 0 Å². The van der Waals surface area contributed by atoms with Gasteiger partial charge in [0.05, 0.1) is 18.6 Å². The Bertz CT molecular complexity index is 558. The maximum Gasteiger partial charge on any atom is 0.312 e. The molecule has 140 valence electrons. The topological polar surface area (TPSA) is 114 Å². The van der Waals surface area contributed by atoms with Crippen LogP contribution < -0.4 is 0 Å². The molecule has 0 bridgehead atoms. The van der Waals surface area contributed by atoms with E-state index in [2.05, 4.69) is 0 Å². The summed E-state index contributed by atoms with van der Waals surface area (Å²) in [5, 5.41) is 0. The Hall–Kier alpha value is -2.16. The zero-order valence-electron chi connectivity index (χ0n) is 14.6. The number of hydrogen-bond acceptors (Lipinski definition) is 9. The second-order valence-corrected chi connectivity index (χ2v) is 5.95. The number of ether oxygens (including phenoxy) is 5. The van der Waals surface area contributed by atoms with Crippen molar-refractivity contribution in [3.63, 3.8) is 0 Å². The van der Waals surface area contributed by atoms with Gasteiger partial charge >= 0.3 is 23.9 Å². The fraction of sp³-hybridized carbons (Fsp3) is 0.750. The minimum absolute atomic E-state index is 0.191. The molecule has 6 atom stereocenters. The zero-order chi connectivity index (χ0) is 18.7. The zero-order valence-corrected chi connectivity index (χ0v) is 14.6. The van der Waals surface area contributed by atoms with Gasteiger partial charge in [0.15, 0.2) is 6.10 Å². The molecule has 0 radical (unpaired) electrons. The molecule has 2 aliphatic rings. The molecule has 1 aliphatic heterocycles. The summed E-state index contributed by atoms with van der Waals surface area (Å²) >= 11 is 0. The number of fused-ring (bicyclic) bond motifs is 1. The molecule has 0 unspecified atom stereocenters. The summed E-state index contributed by atoms with van der Waals surface area (Å²) in [6.07, 6.45) is -3.26. The van der Waals surface area contributed by atoms with Gasteiger partial charge in [0.1, 0.15) is 18.8 Å². The summed E-state index contributed by atoms with van der Waals surface area (Å²) in [7, 11) is 0. The molecule has 25 heavy (non-hydrogen) atoms. The van der Waals surface area contributed by atoms with Crippen LogP contribution in [-0.2, 0) is 42.9 Å². The number of hydrogen-bond donors (Lipinski definition) is 0. The van der Waals surface area contributed by atoms with E-state index in [1.807, 2.05) is 0 Å². The fourth-order valence-electron chi connectivity index (χ4n) is 3.12. The second-order valence-electron chi connectivity index (χ2n) is 5.95. The highest BCUT2D eigenvalue weighted by Crippen LogP contribution is 2.52. The van der Waals surface area contributed by atoms with Crippen LogP contribution in [0.4, 0.5) is 0 Å². The third kappa shape index (κ3) is 4.47. The first-order chi connectivity index (χ1) is 11.8. The van der Waals surface area contributed by atoms with Crippen LogP contribution >= 0.6 is 0 Å². The van der Waals surface area contributed by atoms with E-state index in [1.54, 1.807) is 6.92 Å². The van der Waals surface area contributed by atoms with E-state index in [-0.39, 0.29) is 13.2 Å². The lowest BCUT2D eigenvalue weighted by Gasteiger charge is -2.35. The van der Waals surface area contributed by atoms with Gasteiger partial charge in [-0.05, 0) is 6.92 Å². The second kappa shape index (κ2) is 7.81. The predicted molar refractivity (Wildman–Crippen MR) is 80.0 cm³/mol. The molecule has 1 saturated carbocycles. The quantitative estimate of drug-likeness (QED) is 0.477. The highest BCUT2D eigenvalue weighted by molar-refractivity contribution is 5.78. The van der Waals surface area contributed by atoms with Crippen molar-refractivity contribution < 1.29 is 42.9 Å². The molecule has 0 spiro atoms. The number of esters is 4. The lowest BCUT2D eigenvalue weighted by Crippen LogP contribution is -2.51. The van der Waals surface area contributed by atoms with Crippen LogP contribution in [0.1, 0.15) is 27.7 Å². The monoisotopic (exact) mass is 358 g/mol. The van der Waals surface area contributed by atoms with Crippen LogP contribution in [0, 0.1) is 11.8 Å². The number of carbonyl (C=O) groups is 4. The lowest BCUT2D eigenvalue weighted by atomic mass is 10.00. The highest BCUT2D eigenvalue weighted by Gasteiger charge is 2.68. The predicted octanol–water partition coefficient (Wildman–Crippen LogP) is -0.0106.